The van der Waals surface area contributed by atoms with Crippen molar-refractivity contribution < 1.29 is 19.2 Å². The van der Waals surface area contributed by atoms with Gasteiger partial charge in [0, 0.05) is 27.5 Å². The van der Waals surface area contributed by atoms with Crippen LogP contribution in [0.3, 0.4) is 0 Å². The normalized spacial score (nSPS) is 13.7. The first kappa shape index (κ1) is 20.5. The predicted octanol–water partition coefficient (Wildman–Crippen LogP) is 5.56. The van der Waals surface area contributed by atoms with Gasteiger partial charge in [0.2, 0.25) is 5.75 Å². The highest BCUT2D eigenvalue weighted by molar-refractivity contribution is 7.21. The number of nitrogens with zero attached hydrogens (tertiary/aromatic N) is 2. The minimum Gasteiger partial charge on any atom is -0.502 e. The maximum absolute atomic E-state index is 12.6. The highest BCUT2D eigenvalue weighted by Gasteiger charge is 2.27. The van der Waals surface area contributed by atoms with Crippen LogP contribution in [0.1, 0.15) is 39.4 Å². The van der Waals surface area contributed by atoms with Crippen LogP contribution in [0.4, 0.5) is 5.69 Å². The Morgan fingerprint density at radius 1 is 1.31 bits per heavy atom. The first-order valence-electron chi connectivity index (χ1n) is 9.90. The highest BCUT2D eigenvalue weighted by Crippen LogP contribution is 2.41. The molecule has 5 rings (SSSR count). The van der Waals surface area contributed by atoms with Crippen molar-refractivity contribution in [2.45, 2.75) is 25.7 Å². The Kier molecular flexibility index (Phi) is 5.07. The van der Waals surface area contributed by atoms with E-state index in [9.17, 15) is 20.0 Å². The van der Waals surface area contributed by atoms with Gasteiger partial charge in [-0.3, -0.25) is 14.9 Å². The number of phenolic OH excluding ortho intramolecular Hbond substituents is 1. The number of fused-ring (bicyclic) bond motifs is 4. The monoisotopic (exact) mass is 469 g/mol. The molecule has 2 N–H and O–H groups in total. The molecular formula is C22H16ClN3O5S. The lowest BCUT2D eigenvalue weighted by atomic mass is 9.93. The van der Waals surface area contributed by atoms with Crippen molar-refractivity contribution in [1.29, 1.82) is 0 Å². The zero-order valence-electron chi connectivity index (χ0n) is 16.6. The topological polar surface area (TPSA) is 118 Å². The molecule has 2 aromatic carbocycles. The molecule has 4 aromatic rings. The van der Waals surface area contributed by atoms with E-state index in [1.807, 2.05) is 24.3 Å². The summed E-state index contributed by atoms with van der Waals surface area (Å²) in [6, 6.07) is 8.62. The van der Waals surface area contributed by atoms with Gasteiger partial charge in [0.1, 0.15) is 16.2 Å². The van der Waals surface area contributed by atoms with Gasteiger partial charge >= 0.3 is 5.69 Å². The first-order valence-corrected chi connectivity index (χ1v) is 11.1. The van der Waals surface area contributed by atoms with E-state index in [4.69, 9.17) is 16.0 Å². The number of benzene rings is 2. The maximum Gasteiger partial charge on any atom is 0.315 e. The minimum atomic E-state index is -0.677. The molecule has 0 saturated heterocycles. The summed E-state index contributed by atoms with van der Waals surface area (Å²) in [4.78, 5) is 23.7. The third-order valence-electron chi connectivity index (χ3n) is 5.53. The summed E-state index contributed by atoms with van der Waals surface area (Å²) < 4.78 is 6.71. The molecule has 0 fully saturated rings. The molecule has 0 aliphatic heterocycles. The molecule has 162 valence electrons. The minimum absolute atomic E-state index is 0.142. The van der Waals surface area contributed by atoms with Gasteiger partial charge in [0.25, 0.3) is 5.91 Å². The number of halogens is 1. The van der Waals surface area contributed by atoms with Crippen LogP contribution in [0.25, 0.3) is 21.1 Å². The Morgan fingerprint density at radius 3 is 2.88 bits per heavy atom. The van der Waals surface area contributed by atoms with Crippen LogP contribution in [0.5, 0.6) is 5.75 Å². The average Bonchev–Trinajstić information content (AvgIpc) is 3.32. The number of hydrogen-bond donors (Lipinski definition) is 2. The molecule has 0 radical (unpaired) electrons. The number of aryl methyl sites for hydroxylation is 2. The smallest absolute Gasteiger partial charge is 0.315 e. The van der Waals surface area contributed by atoms with E-state index >= 15 is 0 Å². The van der Waals surface area contributed by atoms with Gasteiger partial charge in [-0.05, 0) is 25.3 Å². The number of nitro groups is 1. The molecule has 10 heteroatoms. The van der Waals surface area contributed by atoms with E-state index in [0.717, 1.165) is 47.1 Å². The summed E-state index contributed by atoms with van der Waals surface area (Å²) in [5, 5.41) is 27.7. The lowest BCUT2D eigenvalue weighted by Gasteiger charge is -2.10. The number of furan rings is 1. The van der Waals surface area contributed by atoms with Gasteiger partial charge in [0.05, 0.1) is 27.8 Å². The zero-order valence-corrected chi connectivity index (χ0v) is 18.1. The average molecular weight is 470 g/mol. The zero-order chi connectivity index (χ0) is 22.4. The second-order valence-corrected chi connectivity index (χ2v) is 8.87. The van der Waals surface area contributed by atoms with Crippen molar-refractivity contribution in [1.82, 2.24) is 5.43 Å². The number of nitrogens with one attached hydrogen (secondary N) is 1. The quantitative estimate of drug-likeness (QED) is 0.230. The van der Waals surface area contributed by atoms with Crippen molar-refractivity contribution in [3.8, 4) is 5.75 Å². The predicted molar refractivity (Wildman–Crippen MR) is 123 cm³/mol. The van der Waals surface area contributed by atoms with E-state index < -0.39 is 22.3 Å². The number of rotatable bonds is 4. The Balaban J connectivity index is 1.53. The number of carbonyl (C=O) groups is 1. The van der Waals surface area contributed by atoms with Gasteiger partial charge < -0.3 is 9.52 Å². The van der Waals surface area contributed by atoms with Crippen molar-refractivity contribution >= 4 is 61.8 Å². The molecule has 0 unspecified atom stereocenters. The summed E-state index contributed by atoms with van der Waals surface area (Å²) in [5.74, 6) is -0.265. The Morgan fingerprint density at radius 2 is 2.09 bits per heavy atom. The molecule has 1 aliphatic carbocycles. The molecule has 0 saturated carbocycles. The van der Waals surface area contributed by atoms with Crippen LogP contribution in [0, 0.1) is 10.1 Å². The third kappa shape index (κ3) is 3.30. The highest BCUT2D eigenvalue weighted by atomic mass is 35.5. The van der Waals surface area contributed by atoms with E-state index in [1.54, 1.807) is 0 Å². The number of aromatic hydroxyl groups is 1. The van der Waals surface area contributed by atoms with E-state index in [2.05, 4.69) is 10.5 Å². The number of hydrogen-bond acceptors (Lipinski definition) is 7. The third-order valence-corrected chi connectivity index (χ3v) is 7.21. The van der Waals surface area contributed by atoms with Crippen LogP contribution in [0.15, 0.2) is 39.9 Å². The summed E-state index contributed by atoms with van der Waals surface area (Å²) in [7, 11) is 0. The fourth-order valence-electron chi connectivity index (χ4n) is 4.06. The molecule has 0 bridgehead atoms. The molecule has 2 heterocycles. The van der Waals surface area contributed by atoms with Crippen molar-refractivity contribution in [2.75, 3.05) is 0 Å². The van der Waals surface area contributed by atoms with Crippen molar-refractivity contribution in [2.24, 2.45) is 5.10 Å². The van der Waals surface area contributed by atoms with E-state index in [1.165, 1.54) is 23.6 Å². The van der Waals surface area contributed by atoms with Crippen LogP contribution in [-0.4, -0.2) is 22.2 Å². The summed E-state index contributed by atoms with van der Waals surface area (Å²) in [6.07, 6.45) is 4.61. The van der Waals surface area contributed by atoms with E-state index in [-0.39, 0.29) is 5.56 Å². The van der Waals surface area contributed by atoms with Crippen LogP contribution >= 0.6 is 22.9 Å². The molecular weight excluding hydrogens is 454 g/mol. The number of thiophene rings is 1. The van der Waals surface area contributed by atoms with Crippen molar-refractivity contribution in [3.63, 3.8) is 0 Å². The van der Waals surface area contributed by atoms with Gasteiger partial charge in [-0.2, -0.15) is 5.10 Å². The lowest BCUT2D eigenvalue weighted by Crippen LogP contribution is -2.16. The lowest BCUT2D eigenvalue weighted by molar-refractivity contribution is -0.385. The fourth-order valence-corrected chi connectivity index (χ4v) is 5.47. The van der Waals surface area contributed by atoms with Crippen LogP contribution < -0.4 is 5.43 Å². The molecule has 0 spiro atoms. The molecule has 32 heavy (non-hydrogen) atoms. The number of nitro benzene ring substituents is 1. The number of hydrazone groups is 1. The summed E-state index contributed by atoms with van der Waals surface area (Å²) in [5.41, 5.74) is 3.30. The second-order valence-electron chi connectivity index (χ2n) is 7.44. The number of phenols is 1. The van der Waals surface area contributed by atoms with Crippen molar-refractivity contribution in [3.05, 3.63) is 67.2 Å². The number of amides is 1. The van der Waals surface area contributed by atoms with Gasteiger partial charge in [-0.15, -0.1) is 11.3 Å². The molecule has 0 atom stereocenters. The Bertz CT molecular complexity index is 1440. The fraction of sp³-hybridized carbons (Fsp3) is 0.182. The summed E-state index contributed by atoms with van der Waals surface area (Å²) >= 11 is 7.58. The van der Waals surface area contributed by atoms with E-state index in [0.29, 0.717) is 20.9 Å². The van der Waals surface area contributed by atoms with Crippen LogP contribution in [0.2, 0.25) is 5.02 Å². The SMILES string of the molecule is O=C(N/N=C/c1c(O)c([N+](=O)[O-])cc2oc3c(c12)CCCC3)c1sc2ccccc2c1Cl. The maximum atomic E-state index is 12.6. The first-order chi connectivity index (χ1) is 15.5. The molecule has 1 aliphatic rings. The number of carbonyl (C=O) groups excluding carboxylic acids is 1. The molecule has 1 amide bonds. The molecule has 8 nitrogen and oxygen atoms in total. The Hall–Kier alpha value is -3.43. The van der Waals surface area contributed by atoms with Gasteiger partial charge in [-0.25, -0.2) is 5.43 Å². The van der Waals surface area contributed by atoms with Crippen LogP contribution in [-0.2, 0) is 12.8 Å². The summed E-state index contributed by atoms with van der Waals surface area (Å²) in [6.45, 7) is 0. The Labute approximate surface area is 190 Å². The standard InChI is InChI=1S/C22H16ClN3O5S/c23-19-12-6-2-4-8-17(12)32-21(19)22(28)25-24-10-13-18-11-5-1-3-7-15(11)31-16(18)9-14(20(13)27)26(29)30/h2,4,6,8-10,27H,1,3,5,7H2,(H,25,28)/b24-10+. The molecule has 2 aromatic heterocycles. The van der Waals surface area contributed by atoms with Gasteiger partial charge in [-0.1, -0.05) is 29.8 Å². The second kappa shape index (κ2) is 7.92. The largest absolute Gasteiger partial charge is 0.502 e. The van der Waals surface area contributed by atoms with Gasteiger partial charge in [0.15, 0.2) is 0 Å².